The number of carbonyl (C=O) groups excluding carboxylic acids is 1. The molecule has 2 aromatic carbocycles. The van der Waals surface area contributed by atoms with E-state index in [4.69, 9.17) is 11.6 Å². The van der Waals surface area contributed by atoms with Gasteiger partial charge in [-0.2, -0.15) is 13.2 Å². The summed E-state index contributed by atoms with van der Waals surface area (Å²) >= 11 is 6.08. The van der Waals surface area contributed by atoms with Crippen LogP contribution in [-0.4, -0.2) is 23.7 Å². The van der Waals surface area contributed by atoms with Crippen molar-refractivity contribution >= 4 is 23.3 Å². The van der Waals surface area contributed by atoms with Crippen LogP contribution in [0.5, 0.6) is 0 Å². The summed E-state index contributed by atoms with van der Waals surface area (Å²) in [6.45, 7) is 0.161. The summed E-state index contributed by atoms with van der Waals surface area (Å²) < 4.78 is 67.5. The van der Waals surface area contributed by atoms with Crippen molar-refractivity contribution in [3.8, 4) is 0 Å². The van der Waals surface area contributed by atoms with E-state index in [0.29, 0.717) is 11.3 Å². The predicted octanol–water partition coefficient (Wildman–Crippen LogP) is 6.07. The number of carbonyl (C=O) groups is 1. The molecule has 1 aliphatic rings. The number of benzene rings is 2. The van der Waals surface area contributed by atoms with Crippen molar-refractivity contribution in [3.05, 3.63) is 64.2 Å². The van der Waals surface area contributed by atoms with Gasteiger partial charge in [0, 0.05) is 16.3 Å². The van der Waals surface area contributed by atoms with E-state index in [-0.39, 0.29) is 28.3 Å². The van der Waals surface area contributed by atoms with Gasteiger partial charge in [0.25, 0.3) is 0 Å². The number of halogens is 6. The molecule has 1 unspecified atom stereocenters. The first-order valence-electron chi connectivity index (χ1n) is 8.49. The summed E-state index contributed by atoms with van der Waals surface area (Å²) in [5, 5.41) is 2.67. The van der Waals surface area contributed by atoms with Crippen molar-refractivity contribution in [2.24, 2.45) is 0 Å². The molecule has 3 rings (SSSR count). The highest BCUT2D eigenvalue weighted by atomic mass is 35.5. The van der Waals surface area contributed by atoms with Crippen LogP contribution in [0, 0.1) is 11.6 Å². The summed E-state index contributed by atoms with van der Waals surface area (Å²) in [7, 11) is 0. The summed E-state index contributed by atoms with van der Waals surface area (Å²) in [6, 6.07) is 6.29. The first kappa shape index (κ1) is 20.4. The number of hydrogen-bond acceptors (Lipinski definition) is 1. The minimum atomic E-state index is -4.70. The van der Waals surface area contributed by atoms with Crippen molar-refractivity contribution < 1.29 is 26.7 Å². The van der Waals surface area contributed by atoms with E-state index in [2.05, 4.69) is 5.32 Å². The van der Waals surface area contributed by atoms with E-state index >= 15 is 0 Å². The van der Waals surface area contributed by atoms with Gasteiger partial charge in [-0.05, 0) is 42.3 Å². The van der Waals surface area contributed by atoms with Crippen molar-refractivity contribution in [2.45, 2.75) is 31.5 Å². The Morgan fingerprint density at radius 1 is 1.11 bits per heavy atom. The molecule has 3 nitrogen and oxygen atoms in total. The lowest BCUT2D eigenvalue weighted by Crippen LogP contribution is -2.58. The Bertz CT molecular complexity index is 918. The third-order valence-corrected chi connectivity index (χ3v) is 4.96. The molecule has 0 aliphatic carbocycles. The second kappa shape index (κ2) is 7.24. The fourth-order valence-electron chi connectivity index (χ4n) is 3.70. The number of anilines is 1. The molecule has 1 N–H and O–H groups in total. The van der Waals surface area contributed by atoms with Gasteiger partial charge in [-0.15, -0.1) is 0 Å². The molecule has 0 radical (unpaired) electrons. The first-order valence-corrected chi connectivity index (χ1v) is 8.87. The van der Waals surface area contributed by atoms with Gasteiger partial charge >= 0.3 is 12.2 Å². The molecule has 2 aromatic rings. The van der Waals surface area contributed by atoms with E-state index in [0.717, 1.165) is 12.1 Å². The zero-order valence-corrected chi connectivity index (χ0v) is 15.5. The zero-order valence-electron chi connectivity index (χ0n) is 14.7. The number of nitrogens with one attached hydrogen (secondary N) is 1. The molecular weight excluding hydrogens is 403 g/mol. The van der Waals surface area contributed by atoms with Crippen molar-refractivity contribution in [3.63, 3.8) is 0 Å². The Kier molecular flexibility index (Phi) is 5.27. The van der Waals surface area contributed by atoms with E-state index in [1.807, 2.05) is 0 Å². The number of amides is 2. The molecule has 1 atom stereocenters. The number of urea groups is 1. The molecule has 28 heavy (non-hydrogen) atoms. The van der Waals surface area contributed by atoms with Crippen LogP contribution < -0.4 is 5.32 Å². The maximum atomic E-state index is 14.0. The lowest BCUT2D eigenvalue weighted by atomic mass is 9.75. The smallest absolute Gasteiger partial charge is 0.307 e. The van der Waals surface area contributed by atoms with Gasteiger partial charge in [-0.1, -0.05) is 31.0 Å². The van der Waals surface area contributed by atoms with Crippen LogP contribution in [0.25, 0.3) is 0 Å². The van der Waals surface area contributed by atoms with Crippen LogP contribution in [0.1, 0.15) is 30.9 Å². The third-order valence-electron chi connectivity index (χ3n) is 4.72. The second-order valence-corrected chi connectivity index (χ2v) is 7.00. The molecule has 0 fully saturated rings. The Balaban J connectivity index is 2.35. The van der Waals surface area contributed by atoms with E-state index in [1.165, 1.54) is 24.3 Å². The van der Waals surface area contributed by atoms with E-state index in [9.17, 15) is 26.7 Å². The van der Waals surface area contributed by atoms with Crippen molar-refractivity contribution in [1.82, 2.24) is 4.90 Å². The number of rotatable bonds is 4. The average Bonchev–Trinajstić information content (AvgIpc) is 2.60. The molecule has 1 heterocycles. The van der Waals surface area contributed by atoms with Crippen LogP contribution in [0.2, 0.25) is 5.02 Å². The number of hydrogen-bond donors (Lipinski definition) is 1. The maximum Gasteiger partial charge on any atom is 0.406 e. The molecule has 9 heteroatoms. The molecule has 0 saturated heterocycles. The minimum Gasteiger partial charge on any atom is -0.307 e. The second-order valence-electron chi connectivity index (χ2n) is 6.56. The number of nitrogens with zero attached hydrogens (tertiary/aromatic N) is 1. The highest BCUT2D eigenvalue weighted by molar-refractivity contribution is 6.30. The first-order chi connectivity index (χ1) is 13.1. The predicted molar refractivity (Wildman–Crippen MR) is 95.3 cm³/mol. The highest BCUT2D eigenvalue weighted by Crippen LogP contribution is 2.48. The molecule has 0 spiro atoms. The fourth-order valence-corrected chi connectivity index (χ4v) is 3.87. The van der Waals surface area contributed by atoms with Gasteiger partial charge in [0.2, 0.25) is 0 Å². The zero-order chi connectivity index (χ0) is 20.7. The molecule has 0 saturated carbocycles. The Morgan fingerprint density at radius 2 is 1.82 bits per heavy atom. The van der Waals surface area contributed by atoms with Gasteiger partial charge in [0.05, 0.1) is 5.54 Å². The fraction of sp³-hybridized carbons (Fsp3) is 0.316. The summed E-state index contributed by atoms with van der Waals surface area (Å²) in [4.78, 5) is 13.3. The Hall–Kier alpha value is -2.35. The largest absolute Gasteiger partial charge is 0.406 e. The van der Waals surface area contributed by atoms with Crippen LogP contribution in [0.15, 0.2) is 36.4 Å². The van der Waals surface area contributed by atoms with Crippen molar-refractivity contribution in [1.29, 1.82) is 0 Å². The van der Waals surface area contributed by atoms with Crippen molar-refractivity contribution in [2.75, 3.05) is 11.9 Å². The van der Waals surface area contributed by atoms with Gasteiger partial charge in [0.15, 0.2) is 11.6 Å². The number of alkyl halides is 3. The lowest BCUT2D eigenvalue weighted by molar-refractivity contribution is -0.149. The third kappa shape index (κ3) is 3.53. The van der Waals surface area contributed by atoms with E-state index in [1.54, 1.807) is 6.92 Å². The molecule has 0 bridgehead atoms. The van der Waals surface area contributed by atoms with Gasteiger partial charge in [0.1, 0.15) is 6.54 Å². The van der Waals surface area contributed by atoms with Crippen LogP contribution in [0.4, 0.5) is 32.4 Å². The molecular formula is C19H16ClF5N2O. The normalized spacial score (nSPS) is 19.4. The summed E-state index contributed by atoms with van der Waals surface area (Å²) in [5.74, 6) is -2.35. The van der Waals surface area contributed by atoms with Gasteiger partial charge in [-0.3, -0.25) is 0 Å². The standard InChI is InChI=1S/C19H16ClF5N2O/c1-2-7-18(11-3-5-14(21)15(22)8-11)13-9-12(20)4-6-16(13)26-17(28)27(18)10-19(23,24)25/h3-6,8-9H,2,7,10H2,1H3,(H,26,28). The maximum absolute atomic E-state index is 14.0. The number of fused-ring (bicyclic) bond motifs is 1. The van der Waals surface area contributed by atoms with Crippen LogP contribution in [-0.2, 0) is 5.54 Å². The monoisotopic (exact) mass is 418 g/mol. The van der Waals surface area contributed by atoms with Gasteiger partial charge in [-0.25, -0.2) is 13.6 Å². The molecule has 0 aromatic heterocycles. The van der Waals surface area contributed by atoms with Gasteiger partial charge < -0.3 is 10.2 Å². The van der Waals surface area contributed by atoms with Crippen LogP contribution in [0.3, 0.4) is 0 Å². The topological polar surface area (TPSA) is 32.3 Å². The van der Waals surface area contributed by atoms with Crippen LogP contribution >= 0.6 is 11.6 Å². The molecule has 150 valence electrons. The molecule has 2 amide bonds. The molecule has 1 aliphatic heterocycles. The SMILES string of the molecule is CCCC1(c2ccc(F)c(F)c2)c2cc(Cl)ccc2NC(=O)N1CC(F)(F)F. The Morgan fingerprint density at radius 3 is 2.43 bits per heavy atom. The Labute approximate surface area is 163 Å². The highest BCUT2D eigenvalue weighted by Gasteiger charge is 2.51. The summed E-state index contributed by atoms with van der Waals surface area (Å²) in [5.41, 5.74) is -1.07. The van der Waals surface area contributed by atoms with E-state index < -0.39 is 35.9 Å². The average molecular weight is 419 g/mol. The lowest BCUT2D eigenvalue weighted by Gasteiger charge is -2.48. The minimum absolute atomic E-state index is 0.0378. The quantitative estimate of drug-likeness (QED) is 0.600. The summed E-state index contributed by atoms with van der Waals surface area (Å²) in [6.07, 6.45) is -4.29.